The van der Waals surface area contributed by atoms with Gasteiger partial charge >= 0.3 is 0 Å². The molecule has 0 N–H and O–H groups in total. The van der Waals surface area contributed by atoms with Gasteiger partial charge in [-0.1, -0.05) is 226 Å². The molecule has 2 aliphatic carbocycles. The van der Waals surface area contributed by atoms with E-state index in [4.69, 9.17) is 0 Å². The molecule has 65 heavy (non-hydrogen) atoms. The van der Waals surface area contributed by atoms with Crippen molar-refractivity contribution in [2.45, 2.75) is 19.3 Å². The van der Waals surface area contributed by atoms with Gasteiger partial charge in [0, 0.05) is 5.41 Å². The largest absolute Gasteiger partial charge is 0.0622 e. The minimum atomic E-state index is -0.155. The fourth-order valence-electron chi connectivity index (χ4n) is 12.3. The van der Waals surface area contributed by atoms with Crippen LogP contribution in [0.3, 0.4) is 0 Å². The monoisotopic (exact) mass is 822 g/mol. The average Bonchev–Trinajstić information content (AvgIpc) is 3.83. The predicted octanol–water partition coefficient (Wildman–Crippen LogP) is 18.1. The van der Waals surface area contributed by atoms with Gasteiger partial charge in [-0.05, 0) is 149 Å². The van der Waals surface area contributed by atoms with Gasteiger partial charge < -0.3 is 0 Å². The van der Waals surface area contributed by atoms with E-state index in [0.29, 0.717) is 0 Å². The lowest BCUT2D eigenvalue weighted by Gasteiger charge is -2.25. The third-order valence-corrected chi connectivity index (χ3v) is 14.9. The molecule has 0 aliphatic heterocycles. The molecule has 0 amide bonds. The highest BCUT2D eigenvalue weighted by atomic mass is 14.4. The molecule has 0 nitrogen and oxygen atoms in total. The number of benzene rings is 12. The molecule has 0 fully saturated rings. The van der Waals surface area contributed by atoms with E-state index in [1.54, 1.807) is 0 Å². The van der Waals surface area contributed by atoms with Crippen LogP contribution in [-0.4, -0.2) is 0 Å². The maximum atomic E-state index is 2.44. The molecule has 0 bridgehead atoms. The van der Waals surface area contributed by atoms with Gasteiger partial charge in [0.25, 0.3) is 0 Å². The van der Waals surface area contributed by atoms with E-state index >= 15 is 0 Å². The van der Waals surface area contributed by atoms with Crippen LogP contribution in [0.25, 0.3) is 132 Å². The molecule has 2 aliphatic rings. The van der Waals surface area contributed by atoms with Gasteiger partial charge in [-0.25, -0.2) is 0 Å². The normalized spacial score (nSPS) is 13.2. The van der Waals surface area contributed by atoms with E-state index in [9.17, 15) is 0 Å². The van der Waals surface area contributed by atoms with Gasteiger partial charge in [-0.3, -0.25) is 0 Å². The van der Waals surface area contributed by atoms with Crippen molar-refractivity contribution < 1.29 is 0 Å². The Balaban J connectivity index is 0.921. The lowest BCUT2D eigenvalue weighted by Crippen LogP contribution is -2.16. The van der Waals surface area contributed by atoms with E-state index in [1.807, 2.05) is 0 Å². The van der Waals surface area contributed by atoms with E-state index in [2.05, 4.69) is 232 Å². The second-order valence-electron chi connectivity index (χ2n) is 18.6. The molecule has 0 heterocycles. The lowest BCUT2D eigenvalue weighted by molar-refractivity contribution is 0.672. The number of hydrogen-bond acceptors (Lipinski definition) is 0. The summed E-state index contributed by atoms with van der Waals surface area (Å²) in [4.78, 5) is 0. The summed E-state index contributed by atoms with van der Waals surface area (Å²) < 4.78 is 0. The zero-order valence-corrected chi connectivity index (χ0v) is 36.3. The number of rotatable bonds is 4. The second-order valence-corrected chi connectivity index (χ2v) is 18.6. The lowest BCUT2D eigenvalue weighted by atomic mass is 9.77. The quantitative estimate of drug-likeness (QED) is 0.155. The minimum absolute atomic E-state index is 0.155. The molecular weight excluding hydrogens is 781 g/mol. The summed E-state index contributed by atoms with van der Waals surface area (Å²) in [5.41, 5.74) is 20.8. The summed E-state index contributed by atoms with van der Waals surface area (Å²) >= 11 is 0. The summed E-state index contributed by atoms with van der Waals surface area (Å²) in [6, 6.07) is 81.8. The van der Waals surface area contributed by atoms with Gasteiger partial charge in [-0.2, -0.15) is 0 Å². The van der Waals surface area contributed by atoms with Crippen LogP contribution in [0.2, 0.25) is 0 Å². The van der Waals surface area contributed by atoms with Crippen molar-refractivity contribution in [3.05, 3.63) is 230 Å². The first-order chi connectivity index (χ1) is 32.0. The summed E-state index contributed by atoms with van der Waals surface area (Å²) in [5.74, 6) is 0. The highest BCUT2D eigenvalue weighted by Gasteiger charge is 2.40. The summed E-state index contributed by atoms with van der Waals surface area (Å²) in [7, 11) is 0. The van der Waals surface area contributed by atoms with Crippen LogP contribution in [0, 0.1) is 0 Å². The van der Waals surface area contributed by atoms with E-state index in [-0.39, 0.29) is 5.41 Å². The Morgan fingerprint density at radius 2 is 0.754 bits per heavy atom. The molecule has 0 radical (unpaired) electrons. The minimum Gasteiger partial charge on any atom is -0.0622 e. The maximum Gasteiger partial charge on any atom is 0.0171 e. The Morgan fingerprint density at radius 1 is 0.246 bits per heavy atom. The molecular formula is C65H42. The van der Waals surface area contributed by atoms with Crippen molar-refractivity contribution in [1.82, 2.24) is 0 Å². The molecule has 0 heteroatoms. The smallest absolute Gasteiger partial charge is 0.0171 e. The van der Waals surface area contributed by atoms with Crippen LogP contribution in [0.1, 0.15) is 25.0 Å². The third kappa shape index (κ3) is 5.03. The van der Waals surface area contributed by atoms with Crippen molar-refractivity contribution in [1.29, 1.82) is 0 Å². The zero-order valence-electron chi connectivity index (χ0n) is 36.3. The van der Waals surface area contributed by atoms with Crippen LogP contribution in [0.4, 0.5) is 0 Å². The molecule has 0 atom stereocenters. The maximum absolute atomic E-state index is 2.44. The van der Waals surface area contributed by atoms with Gasteiger partial charge in [0.2, 0.25) is 0 Å². The third-order valence-electron chi connectivity index (χ3n) is 14.9. The standard InChI is InChI=1S/C65H42/c1-65(2)63-46-21-10-9-16-40(46)32-35-55(63)60-49-23-12-11-22-47(49)56-38-44(33-34-52(56)64(60)65)39-28-30-41(31-29-39)45-36-37-54-59-48(45)26-15-27-53(59)61-57(42-17-5-3-6-18-42)50-24-13-14-25-51(50)58(62(54)61)43-19-7-4-8-20-43/h3-38H,1-2H3. The van der Waals surface area contributed by atoms with Gasteiger partial charge in [0.05, 0.1) is 0 Å². The Labute approximate surface area is 378 Å². The van der Waals surface area contributed by atoms with E-state index in [1.165, 1.54) is 143 Å². The Hall–Kier alpha value is -8.06. The molecule has 0 saturated carbocycles. The summed E-state index contributed by atoms with van der Waals surface area (Å²) in [5, 5.41) is 13.1. The summed E-state index contributed by atoms with van der Waals surface area (Å²) in [6.07, 6.45) is 0. The van der Waals surface area contributed by atoms with Crippen LogP contribution in [0.15, 0.2) is 218 Å². The zero-order chi connectivity index (χ0) is 43.0. The number of fused-ring (bicyclic) bond motifs is 14. The van der Waals surface area contributed by atoms with Crippen LogP contribution < -0.4 is 0 Å². The Bertz CT molecular complexity index is 3890. The van der Waals surface area contributed by atoms with Crippen molar-refractivity contribution in [2.24, 2.45) is 0 Å². The highest BCUT2D eigenvalue weighted by Crippen LogP contribution is 2.59. The fourth-order valence-corrected chi connectivity index (χ4v) is 12.3. The van der Waals surface area contributed by atoms with Crippen molar-refractivity contribution in [2.75, 3.05) is 0 Å². The van der Waals surface area contributed by atoms with Crippen molar-refractivity contribution in [3.8, 4) is 77.9 Å². The Morgan fingerprint density at radius 3 is 1.43 bits per heavy atom. The van der Waals surface area contributed by atoms with Crippen LogP contribution in [0.5, 0.6) is 0 Å². The highest BCUT2D eigenvalue weighted by molar-refractivity contribution is 6.29. The molecule has 302 valence electrons. The second kappa shape index (κ2) is 13.5. The van der Waals surface area contributed by atoms with Crippen LogP contribution >= 0.6 is 0 Å². The SMILES string of the molecule is CC1(C)c2c(ccc3ccccc23)-c2c1c1ccc(-c3ccc(-c4ccc5c6c(cccc46)-c4c-5c(-c5ccccc5)c5ccccc5c4-c4ccccc4)cc3)cc1c1ccccc21. The molecule has 12 aromatic rings. The van der Waals surface area contributed by atoms with Gasteiger partial charge in [0.15, 0.2) is 0 Å². The molecule has 0 unspecified atom stereocenters. The first-order valence-corrected chi connectivity index (χ1v) is 22.9. The summed E-state index contributed by atoms with van der Waals surface area (Å²) in [6.45, 7) is 4.85. The topological polar surface area (TPSA) is 0 Å². The molecule has 0 spiro atoms. The Kier molecular flexibility index (Phi) is 7.55. The van der Waals surface area contributed by atoms with Gasteiger partial charge in [-0.15, -0.1) is 0 Å². The molecule has 0 saturated heterocycles. The molecule has 12 aromatic carbocycles. The van der Waals surface area contributed by atoms with E-state index in [0.717, 1.165) is 0 Å². The first kappa shape index (κ1) is 36.4. The average molecular weight is 823 g/mol. The molecule has 0 aromatic heterocycles. The first-order valence-electron chi connectivity index (χ1n) is 22.9. The van der Waals surface area contributed by atoms with Crippen LogP contribution in [-0.2, 0) is 5.41 Å². The molecule has 14 rings (SSSR count). The van der Waals surface area contributed by atoms with Gasteiger partial charge in [0.1, 0.15) is 0 Å². The van der Waals surface area contributed by atoms with Crippen molar-refractivity contribution >= 4 is 53.9 Å². The van der Waals surface area contributed by atoms with E-state index < -0.39 is 0 Å². The van der Waals surface area contributed by atoms with Crippen molar-refractivity contribution in [3.63, 3.8) is 0 Å². The fraction of sp³-hybridized carbons (Fsp3) is 0.0462. The predicted molar refractivity (Wildman–Crippen MR) is 278 cm³/mol. The number of hydrogen-bond donors (Lipinski definition) is 0.